The van der Waals surface area contributed by atoms with Gasteiger partial charge >= 0.3 is 0 Å². The molecule has 0 bridgehead atoms. The third-order valence-electron chi connectivity index (χ3n) is 5.01. The van der Waals surface area contributed by atoms with E-state index in [9.17, 15) is 25.3 Å². The molecule has 10 nitrogen and oxygen atoms in total. The predicted molar refractivity (Wildman–Crippen MR) is 120 cm³/mol. The fraction of sp³-hybridized carbons (Fsp3) is 0.556. The lowest BCUT2D eigenvalue weighted by atomic mass is 9.89. The van der Waals surface area contributed by atoms with Crippen molar-refractivity contribution in [1.29, 1.82) is 0 Å². The highest BCUT2D eigenvalue weighted by molar-refractivity contribution is 7.89. The number of hydrogen-bond donors (Lipinski definition) is 2. The molecule has 0 spiro atoms. The van der Waals surface area contributed by atoms with Gasteiger partial charge in [-0.2, -0.15) is 21.1 Å². The first-order valence-electron chi connectivity index (χ1n) is 9.53. The Hall–Kier alpha value is -1.51. The lowest BCUT2D eigenvalue weighted by Crippen LogP contribution is -2.46. The number of anilines is 1. The molecule has 0 aliphatic carbocycles. The molecule has 2 N–H and O–H groups in total. The van der Waals surface area contributed by atoms with Gasteiger partial charge in [-0.05, 0) is 32.4 Å². The van der Waals surface area contributed by atoms with Gasteiger partial charge in [0.2, 0.25) is 10.0 Å². The summed E-state index contributed by atoms with van der Waals surface area (Å²) in [4.78, 5) is 2.12. The molecule has 1 aromatic rings. The Balaban J connectivity index is 2.42. The smallest absolute Gasteiger partial charge is 0.266 e. The lowest BCUT2D eigenvalue weighted by Gasteiger charge is -2.43. The van der Waals surface area contributed by atoms with Crippen LogP contribution in [0.5, 0.6) is 0 Å². The monoisotopic (exact) mass is 496 g/mol. The topological polar surface area (TPSA) is 149 Å². The average molecular weight is 497 g/mol. The second-order valence-corrected chi connectivity index (χ2v) is 12.9. The second-order valence-electron chi connectivity index (χ2n) is 7.81. The Labute approximate surface area is 184 Å². The van der Waals surface area contributed by atoms with Crippen molar-refractivity contribution in [3.63, 3.8) is 0 Å². The van der Waals surface area contributed by atoms with Gasteiger partial charge in [-0.15, -0.1) is 0 Å². The number of hydrogen-bond acceptors (Lipinski definition) is 7. The van der Waals surface area contributed by atoms with E-state index in [1.165, 1.54) is 0 Å². The van der Waals surface area contributed by atoms with Crippen LogP contribution in [0.2, 0.25) is 0 Å². The molecule has 1 heterocycles. The summed E-state index contributed by atoms with van der Waals surface area (Å²) in [5, 5.41) is 0. The van der Waals surface area contributed by atoms with Crippen LogP contribution in [0, 0.1) is 0 Å². The van der Waals surface area contributed by atoms with Crippen molar-refractivity contribution in [2.75, 3.05) is 41.8 Å². The number of fused-ring (bicyclic) bond motifs is 1. The van der Waals surface area contributed by atoms with Crippen LogP contribution in [0.3, 0.4) is 0 Å². The van der Waals surface area contributed by atoms with Crippen molar-refractivity contribution in [1.82, 2.24) is 4.31 Å². The van der Waals surface area contributed by atoms with Crippen LogP contribution in [-0.2, 0) is 30.3 Å². The van der Waals surface area contributed by atoms with E-state index in [1.807, 2.05) is 39.0 Å². The fourth-order valence-electron chi connectivity index (χ4n) is 3.68. The minimum Gasteiger partial charge on any atom is -0.363 e. The summed E-state index contributed by atoms with van der Waals surface area (Å²) in [5.41, 5.74) is 1.55. The van der Waals surface area contributed by atoms with Gasteiger partial charge in [0.1, 0.15) is 0 Å². The molecule has 1 aromatic carbocycles. The van der Waals surface area contributed by atoms with Crippen molar-refractivity contribution in [2.24, 2.45) is 0 Å². The highest BCUT2D eigenvalue weighted by Crippen LogP contribution is 2.39. The zero-order valence-electron chi connectivity index (χ0n) is 17.6. The highest BCUT2D eigenvalue weighted by Gasteiger charge is 2.34. The predicted octanol–water partition coefficient (Wildman–Crippen LogP) is 1.10. The summed E-state index contributed by atoms with van der Waals surface area (Å²) < 4.78 is 89.4. The van der Waals surface area contributed by atoms with E-state index in [0.29, 0.717) is 22.0 Å². The molecule has 0 radical (unpaired) electrons. The van der Waals surface area contributed by atoms with Crippen molar-refractivity contribution < 1.29 is 34.4 Å². The maximum Gasteiger partial charge on any atom is 0.266 e. The standard InChI is InChI=1S/C18H28N2O8S3/c1-4-20-17-8-6-5-7-16(17)15(13-18(20,2)3)14-29(21,22)19(9-11-30(23,24)25)10-12-31(26,27)28/h5-8,13H,4,9-12,14H2,1-3H3,(H,23,24,25)(H,26,27,28). The summed E-state index contributed by atoms with van der Waals surface area (Å²) in [6, 6.07) is 7.29. The SMILES string of the molecule is CCN1c2ccccc2C(CS(=O)(=O)N(CCS(=O)(=O)O)CCS(=O)(=O)O)=CC1(C)C. The van der Waals surface area contributed by atoms with Crippen molar-refractivity contribution in [3.05, 3.63) is 35.9 Å². The van der Waals surface area contributed by atoms with Gasteiger partial charge in [0.15, 0.2) is 0 Å². The van der Waals surface area contributed by atoms with Gasteiger partial charge in [0.25, 0.3) is 20.2 Å². The Morgan fingerprint density at radius 1 is 0.935 bits per heavy atom. The molecular formula is C18H28N2O8S3. The molecule has 0 amide bonds. The summed E-state index contributed by atoms with van der Waals surface area (Å²) in [6.45, 7) is 5.27. The molecule has 2 rings (SSSR count). The molecule has 0 saturated carbocycles. The van der Waals surface area contributed by atoms with E-state index in [1.54, 1.807) is 12.1 Å². The van der Waals surface area contributed by atoms with E-state index in [-0.39, 0.29) is 0 Å². The summed E-state index contributed by atoms with van der Waals surface area (Å²) in [7, 11) is -13.2. The number of sulfonamides is 1. The first-order valence-corrected chi connectivity index (χ1v) is 14.4. The molecule has 0 atom stereocenters. The summed E-state index contributed by atoms with van der Waals surface area (Å²) in [5.74, 6) is -2.30. The number of para-hydroxylation sites is 1. The third kappa shape index (κ3) is 6.99. The first-order chi connectivity index (χ1) is 14.1. The van der Waals surface area contributed by atoms with Crippen LogP contribution < -0.4 is 4.90 Å². The largest absolute Gasteiger partial charge is 0.363 e. The average Bonchev–Trinajstić information content (AvgIpc) is 2.58. The van der Waals surface area contributed by atoms with Gasteiger partial charge in [0.05, 0.1) is 22.8 Å². The molecule has 0 unspecified atom stereocenters. The maximum absolute atomic E-state index is 13.1. The van der Waals surface area contributed by atoms with Crippen LogP contribution in [0.25, 0.3) is 5.57 Å². The molecule has 1 aliphatic rings. The van der Waals surface area contributed by atoms with Crippen molar-refractivity contribution >= 4 is 41.5 Å². The third-order valence-corrected chi connectivity index (χ3v) is 8.23. The van der Waals surface area contributed by atoms with Crippen LogP contribution in [-0.4, -0.2) is 81.1 Å². The number of nitrogens with zero attached hydrogens (tertiary/aromatic N) is 2. The van der Waals surface area contributed by atoms with Crippen LogP contribution >= 0.6 is 0 Å². The van der Waals surface area contributed by atoms with E-state index < -0.39 is 66.1 Å². The van der Waals surface area contributed by atoms with Crippen molar-refractivity contribution in [3.8, 4) is 0 Å². The van der Waals surface area contributed by atoms with E-state index in [2.05, 4.69) is 4.90 Å². The molecule has 31 heavy (non-hydrogen) atoms. The summed E-state index contributed by atoms with van der Waals surface area (Å²) in [6.07, 6.45) is 1.82. The Morgan fingerprint density at radius 3 is 1.94 bits per heavy atom. The van der Waals surface area contributed by atoms with Crippen molar-refractivity contribution in [2.45, 2.75) is 26.3 Å². The van der Waals surface area contributed by atoms with Gasteiger partial charge < -0.3 is 4.90 Å². The zero-order valence-corrected chi connectivity index (χ0v) is 20.0. The maximum atomic E-state index is 13.1. The van der Waals surface area contributed by atoms with Gasteiger partial charge in [-0.25, -0.2) is 8.42 Å². The van der Waals surface area contributed by atoms with Crippen LogP contribution in [0.4, 0.5) is 5.69 Å². The highest BCUT2D eigenvalue weighted by atomic mass is 32.2. The van der Waals surface area contributed by atoms with Crippen LogP contribution in [0.1, 0.15) is 26.3 Å². The van der Waals surface area contributed by atoms with E-state index >= 15 is 0 Å². The normalized spacial score (nSPS) is 16.8. The number of rotatable bonds is 10. The molecule has 0 aromatic heterocycles. The zero-order chi connectivity index (χ0) is 23.7. The van der Waals surface area contributed by atoms with Crippen LogP contribution in [0.15, 0.2) is 30.3 Å². The molecule has 0 saturated heterocycles. The minimum atomic E-state index is -4.48. The Kier molecular flexibility index (Phi) is 7.61. The number of likely N-dealkylation sites (N-methyl/N-ethyl adjacent to an activating group) is 1. The quantitative estimate of drug-likeness (QED) is 0.454. The Morgan fingerprint density at radius 2 is 1.45 bits per heavy atom. The van der Waals surface area contributed by atoms with Gasteiger partial charge in [0, 0.05) is 30.9 Å². The van der Waals surface area contributed by atoms with E-state index in [4.69, 9.17) is 9.11 Å². The molecule has 0 fully saturated rings. The molecule has 176 valence electrons. The fourth-order valence-corrected chi connectivity index (χ4v) is 6.37. The van der Waals surface area contributed by atoms with E-state index in [0.717, 1.165) is 5.69 Å². The second kappa shape index (κ2) is 9.16. The first kappa shape index (κ1) is 25.7. The molecular weight excluding hydrogens is 468 g/mol. The van der Waals surface area contributed by atoms with Gasteiger partial charge in [-0.1, -0.05) is 24.3 Å². The lowest BCUT2D eigenvalue weighted by molar-refractivity contribution is 0.426. The molecule has 1 aliphatic heterocycles. The summed E-state index contributed by atoms with van der Waals surface area (Å²) >= 11 is 0. The minimum absolute atomic E-state index is 0.494. The Bertz CT molecular complexity index is 1120. The van der Waals surface area contributed by atoms with Gasteiger partial charge in [-0.3, -0.25) is 9.11 Å². The molecule has 13 heteroatoms. The number of benzene rings is 1.